The molecule has 4 aliphatic carbocycles. The number of carbonyl (C=O) groups is 1. The Hall–Kier alpha value is -0.610. The van der Waals surface area contributed by atoms with Crippen LogP contribution in [0.2, 0.25) is 0 Å². The highest BCUT2D eigenvalue weighted by atomic mass is 16.5. The van der Waals surface area contributed by atoms with Crippen LogP contribution in [0.15, 0.2) is 0 Å². The fourth-order valence-electron chi connectivity index (χ4n) is 5.67. The summed E-state index contributed by atoms with van der Waals surface area (Å²) in [6.45, 7) is 4.22. The third kappa shape index (κ3) is 2.48. The lowest BCUT2D eigenvalue weighted by atomic mass is 9.53. The molecule has 4 bridgehead atoms. The molecular formula is C16H27N2O2+. The Labute approximate surface area is 121 Å². The molecule has 5 rings (SSSR count). The van der Waals surface area contributed by atoms with Crippen LogP contribution < -0.4 is 10.2 Å². The van der Waals surface area contributed by atoms with Gasteiger partial charge in [-0.3, -0.25) is 4.79 Å². The van der Waals surface area contributed by atoms with Crippen LogP contribution >= 0.6 is 0 Å². The molecule has 20 heavy (non-hydrogen) atoms. The van der Waals surface area contributed by atoms with Crippen LogP contribution in [0.1, 0.15) is 38.5 Å². The van der Waals surface area contributed by atoms with Gasteiger partial charge in [0.15, 0.2) is 6.54 Å². The Morgan fingerprint density at radius 1 is 1.05 bits per heavy atom. The molecule has 5 fully saturated rings. The predicted octanol–water partition coefficient (Wildman–Crippen LogP) is -0.0135. The van der Waals surface area contributed by atoms with E-state index in [0.29, 0.717) is 6.54 Å². The molecule has 1 heterocycles. The van der Waals surface area contributed by atoms with E-state index >= 15 is 0 Å². The van der Waals surface area contributed by atoms with Crippen molar-refractivity contribution in [1.82, 2.24) is 5.32 Å². The van der Waals surface area contributed by atoms with Crippen molar-refractivity contribution in [3.05, 3.63) is 0 Å². The number of nitrogens with one attached hydrogen (secondary N) is 2. The summed E-state index contributed by atoms with van der Waals surface area (Å²) in [5.41, 5.74) is 0.178. The number of morpholine rings is 1. The molecule has 0 atom stereocenters. The van der Waals surface area contributed by atoms with Gasteiger partial charge in [0.05, 0.1) is 13.2 Å². The van der Waals surface area contributed by atoms with Gasteiger partial charge < -0.3 is 15.0 Å². The molecule has 4 heteroatoms. The summed E-state index contributed by atoms with van der Waals surface area (Å²) >= 11 is 0. The van der Waals surface area contributed by atoms with Crippen LogP contribution in [0.5, 0.6) is 0 Å². The van der Waals surface area contributed by atoms with Crippen LogP contribution in [0.4, 0.5) is 0 Å². The van der Waals surface area contributed by atoms with Gasteiger partial charge in [-0.2, -0.15) is 0 Å². The first-order valence-electron chi connectivity index (χ1n) is 8.43. The van der Waals surface area contributed by atoms with Gasteiger partial charge in [0.1, 0.15) is 13.1 Å². The lowest BCUT2D eigenvalue weighted by Gasteiger charge is -2.56. The summed E-state index contributed by atoms with van der Waals surface area (Å²) in [7, 11) is 0. The second kappa shape index (κ2) is 4.99. The molecule has 0 aromatic heterocycles. The predicted molar refractivity (Wildman–Crippen MR) is 75.4 cm³/mol. The Morgan fingerprint density at radius 2 is 1.60 bits per heavy atom. The van der Waals surface area contributed by atoms with Crippen molar-refractivity contribution in [1.29, 1.82) is 0 Å². The number of quaternary nitrogens is 1. The molecule has 1 saturated heterocycles. The summed E-state index contributed by atoms with van der Waals surface area (Å²) < 4.78 is 5.36. The fourth-order valence-corrected chi connectivity index (χ4v) is 5.67. The highest BCUT2D eigenvalue weighted by molar-refractivity contribution is 5.77. The fraction of sp³-hybridized carbons (Fsp3) is 0.938. The van der Waals surface area contributed by atoms with Gasteiger partial charge in [0.25, 0.3) is 5.91 Å². The standard InChI is InChI=1S/C16H26N2O2/c19-15(11-18-1-3-20-4-2-18)17-16-8-12-5-13(9-16)7-14(6-12)10-16/h12-14H,1-11H2,(H,17,19)/p+1. The lowest BCUT2D eigenvalue weighted by Crippen LogP contribution is -3.15. The first-order valence-corrected chi connectivity index (χ1v) is 8.43. The van der Waals surface area contributed by atoms with E-state index in [2.05, 4.69) is 5.32 Å². The maximum atomic E-state index is 12.4. The molecule has 0 aromatic rings. The Kier molecular flexibility index (Phi) is 3.26. The summed E-state index contributed by atoms with van der Waals surface area (Å²) in [6, 6.07) is 0. The molecule has 1 aliphatic heterocycles. The summed E-state index contributed by atoms with van der Waals surface area (Å²) in [5.74, 6) is 2.98. The third-order valence-corrected chi connectivity index (χ3v) is 6.05. The van der Waals surface area contributed by atoms with Gasteiger partial charge in [-0.25, -0.2) is 0 Å². The van der Waals surface area contributed by atoms with Gasteiger partial charge in [-0.05, 0) is 56.3 Å². The molecule has 1 amide bonds. The largest absolute Gasteiger partial charge is 0.370 e. The lowest BCUT2D eigenvalue weighted by molar-refractivity contribution is -0.900. The number of hydrogen-bond donors (Lipinski definition) is 2. The maximum Gasteiger partial charge on any atom is 0.275 e. The average molecular weight is 279 g/mol. The van der Waals surface area contributed by atoms with Crippen LogP contribution in [0, 0.1) is 17.8 Å². The van der Waals surface area contributed by atoms with Crippen molar-refractivity contribution in [3.8, 4) is 0 Å². The number of amides is 1. The quantitative estimate of drug-likeness (QED) is 0.763. The number of rotatable bonds is 3. The zero-order chi connectivity index (χ0) is 13.6. The summed E-state index contributed by atoms with van der Waals surface area (Å²) in [6.07, 6.45) is 8.06. The second-order valence-electron chi connectivity index (χ2n) is 7.79. The molecule has 2 N–H and O–H groups in total. The summed E-state index contributed by atoms with van der Waals surface area (Å²) in [5, 5.41) is 3.47. The minimum Gasteiger partial charge on any atom is -0.370 e. The Morgan fingerprint density at radius 3 is 2.15 bits per heavy atom. The normalized spacial score (nSPS) is 43.7. The minimum absolute atomic E-state index is 0.178. The highest BCUT2D eigenvalue weighted by Gasteiger charge is 2.51. The van der Waals surface area contributed by atoms with Crippen molar-refractivity contribution < 1.29 is 14.4 Å². The van der Waals surface area contributed by atoms with E-state index in [-0.39, 0.29) is 11.4 Å². The smallest absolute Gasteiger partial charge is 0.275 e. The average Bonchev–Trinajstić information content (AvgIpc) is 2.37. The summed E-state index contributed by atoms with van der Waals surface area (Å²) in [4.78, 5) is 13.8. The van der Waals surface area contributed by atoms with Gasteiger partial charge in [0, 0.05) is 5.54 Å². The molecule has 0 spiro atoms. The minimum atomic E-state index is 0.178. The van der Waals surface area contributed by atoms with E-state index in [0.717, 1.165) is 44.1 Å². The number of carbonyl (C=O) groups excluding carboxylic acids is 1. The van der Waals surface area contributed by atoms with Crippen molar-refractivity contribution in [2.75, 3.05) is 32.8 Å². The first kappa shape index (κ1) is 13.1. The van der Waals surface area contributed by atoms with E-state index in [1.54, 1.807) is 0 Å². The zero-order valence-electron chi connectivity index (χ0n) is 12.3. The maximum absolute atomic E-state index is 12.4. The molecular weight excluding hydrogens is 252 g/mol. The van der Waals surface area contributed by atoms with E-state index in [9.17, 15) is 4.79 Å². The van der Waals surface area contributed by atoms with E-state index < -0.39 is 0 Å². The Balaban J connectivity index is 1.37. The van der Waals surface area contributed by atoms with E-state index in [1.165, 1.54) is 43.4 Å². The molecule has 0 aromatic carbocycles. The topological polar surface area (TPSA) is 42.8 Å². The first-order chi connectivity index (χ1) is 9.71. The van der Waals surface area contributed by atoms with E-state index in [1.807, 2.05) is 0 Å². The second-order valence-corrected chi connectivity index (χ2v) is 7.79. The van der Waals surface area contributed by atoms with Gasteiger partial charge in [0.2, 0.25) is 0 Å². The van der Waals surface area contributed by atoms with E-state index in [4.69, 9.17) is 4.74 Å². The van der Waals surface area contributed by atoms with Gasteiger partial charge in [-0.15, -0.1) is 0 Å². The van der Waals surface area contributed by atoms with Crippen LogP contribution in [0.25, 0.3) is 0 Å². The Bertz CT molecular complexity index is 355. The van der Waals surface area contributed by atoms with Crippen LogP contribution in [0.3, 0.4) is 0 Å². The molecule has 4 nitrogen and oxygen atoms in total. The molecule has 5 aliphatic rings. The molecule has 0 unspecified atom stereocenters. The monoisotopic (exact) mass is 279 g/mol. The van der Waals surface area contributed by atoms with Crippen molar-refractivity contribution in [2.24, 2.45) is 17.8 Å². The molecule has 4 saturated carbocycles. The van der Waals surface area contributed by atoms with Crippen LogP contribution in [-0.4, -0.2) is 44.3 Å². The van der Waals surface area contributed by atoms with Crippen molar-refractivity contribution in [3.63, 3.8) is 0 Å². The SMILES string of the molecule is O=C(C[NH+]1CCOCC1)NC12CC3CC(CC(C3)C1)C2. The van der Waals surface area contributed by atoms with Gasteiger partial charge in [-0.1, -0.05) is 0 Å². The molecule has 112 valence electrons. The number of ether oxygens (including phenoxy) is 1. The third-order valence-electron chi connectivity index (χ3n) is 6.05. The highest BCUT2D eigenvalue weighted by Crippen LogP contribution is 2.55. The zero-order valence-corrected chi connectivity index (χ0v) is 12.3. The number of hydrogen-bond acceptors (Lipinski definition) is 2. The van der Waals surface area contributed by atoms with Crippen molar-refractivity contribution >= 4 is 5.91 Å². The molecule has 0 radical (unpaired) electrons. The van der Waals surface area contributed by atoms with Crippen LogP contribution in [-0.2, 0) is 9.53 Å². The van der Waals surface area contributed by atoms with Gasteiger partial charge >= 0.3 is 0 Å². The van der Waals surface area contributed by atoms with Crippen molar-refractivity contribution in [2.45, 2.75) is 44.1 Å².